The third-order valence-corrected chi connectivity index (χ3v) is 4.03. The summed E-state index contributed by atoms with van der Waals surface area (Å²) in [6.07, 6.45) is 3.89. The van der Waals surface area contributed by atoms with Gasteiger partial charge in [0.25, 0.3) is 0 Å². The van der Waals surface area contributed by atoms with Gasteiger partial charge in [0.15, 0.2) is 0 Å². The fraction of sp³-hybridized carbons (Fsp3) is 0.600. The number of hydrogen-bond donors (Lipinski definition) is 1. The highest BCUT2D eigenvalue weighted by Gasteiger charge is 2.31. The molecule has 1 heterocycles. The summed E-state index contributed by atoms with van der Waals surface area (Å²) >= 11 is 0. The van der Waals surface area contributed by atoms with Crippen molar-refractivity contribution in [1.29, 1.82) is 0 Å². The second kappa shape index (κ2) is 5.49. The van der Waals surface area contributed by atoms with Crippen molar-refractivity contribution in [3.05, 3.63) is 35.9 Å². The average Bonchev–Trinajstić information content (AvgIpc) is 2.80. The van der Waals surface area contributed by atoms with Crippen molar-refractivity contribution in [3.63, 3.8) is 0 Å². The summed E-state index contributed by atoms with van der Waals surface area (Å²) in [5.74, 6) is 1.55. The average molecular weight is 217 g/mol. The molecule has 0 saturated carbocycles. The predicted molar refractivity (Wildman–Crippen MR) is 69.7 cm³/mol. The lowest BCUT2D eigenvalue weighted by Crippen LogP contribution is -2.33. The van der Waals surface area contributed by atoms with E-state index in [1.54, 1.807) is 0 Å². The molecule has 1 N–H and O–H groups in total. The minimum atomic E-state index is 0.689. The van der Waals surface area contributed by atoms with Crippen LogP contribution in [0.15, 0.2) is 30.3 Å². The lowest BCUT2D eigenvalue weighted by molar-refractivity contribution is 0.367. The van der Waals surface area contributed by atoms with Crippen LogP contribution in [0.25, 0.3) is 0 Å². The van der Waals surface area contributed by atoms with Crippen LogP contribution < -0.4 is 5.32 Å². The van der Waals surface area contributed by atoms with E-state index in [2.05, 4.69) is 49.5 Å². The van der Waals surface area contributed by atoms with Crippen molar-refractivity contribution in [1.82, 2.24) is 5.32 Å². The van der Waals surface area contributed by atoms with Crippen molar-refractivity contribution in [2.24, 2.45) is 5.92 Å². The van der Waals surface area contributed by atoms with Gasteiger partial charge in [0, 0.05) is 6.04 Å². The van der Waals surface area contributed by atoms with Crippen molar-refractivity contribution in [3.8, 4) is 0 Å². The van der Waals surface area contributed by atoms with E-state index < -0.39 is 0 Å². The molecule has 0 bridgehead atoms. The van der Waals surface area contributed by atoms with Gasteiger partial charge in [-0.25, -0.2) is 0 Å². The molecule has 1 aromatic rings. The van der Waals surface area contributed by atoms with Crippen LogP contribution in [0.4, 0.5) is 0 Å². The molecule has 1 fully saturated rings. The van der Waals surface area contributed by atoms with Crippen molar-refractivity contribution < 1.29 is 0 Å². The molecule has 1 aliphatic heterocycles. The Morgan fingerprint density at radius 3 is 2.62 bits per heavy atom. The van der Waals surface area contributed by atoms with Gasteiger partial charge in [-0.15, -0.1) is 0 Å². The van der Waals surface area contributed by atoms with Crippen LogP contribution in [0.1, 0.15) is 44.6 Å². The number of hydrogen-bond acceptors (Lipinski definition) is 1. The maximum Gasteiger partial charge on any atom is 0.0164 e. The van der Waals surface area contributed by atoms with Gasteiger partial charge in [0.05, 0.1) is 0 Å². The first kappa shape index (κ1) is 11.7. The molecule has 1 aliphatic rings. The zero-order valence-corrected chi connectivity index (χ0v) is 10.4. The highest BCUT2D eigenvalue weighted by atomic mass is 15.0. The second-order valence-corrected chi connectivity index (χ2v) is 4.86. The molecule has 1 aromatic carbocycles. The van der Waals surface area contributed by atoms with Gasteiger partial charge in [-0.3, -0.25) is 0 Å². The van der Waals surface area contributed by atoms with Gasteiger partial charge in [0.2, 0.25) is 0 Å². The molecule has 0 radical (unpaired) electrons. The maximum absolute atomic E-state index is 3.71. The molecular formula is C15H23N. The quantitative estimate of drug-likeness (QED) is 0.813. The fourth-order valence-corrected chi connectivity index (χ4v) is 3.11. The molecule has 0 spiro atoms. The van der Waals surface area contributed by atoms with Crippen LogP contribution in [-0.2, 0) is 0 Å². The zero-order chi connectivity index (χ0) is 11.4. The largest absolute Gasteiger partial charge is 0.313 e. The summed E-state index contributed by atoms with van der Waals surface area (Å²) in [6.45, 7) is 5.83. The number of nitrogens with one attached hydrogen (secondary N) is 1. The SMILES string of the molecule is CC[C@@H]1CCN[C@H]1[C@H](CC)c1ccccc1. The molecule has 3 atom stereocenters. The molecule has 1 nitrogen and oxygen atoms in total. The Bertz CT molecular complexity index is 306. The van der Waals surface area contributed by atoms with E-state index in [0.717, 1.165) is 5.92 Å². The second-order valence-electron chi connectivity index (χ2n) is 4.86. The Balaban J connectivity index is 2.16. The van der Waals surface area contributed by atoms with Gasteiger partial charge >= 0.3 is 0 Å². The molecule has 0 aromatic heterocycles. The molecule has 0 aliphatic carbocycles. The highest BCUT2D eigenvalue weighted by Crippen LogP contribution is 2.33. The van der Waals surface area contributed by atoms with Crippen LogP contribution in [0.5, 0.6) is 0 Å². The molecular weight excluding hydrogens is 194 g/mol. The van der Waals surface area contributed by atoms with E-state index in [9.17, 15) is 0 Å². The summed E-state index contributed by atoms with van der Waals surface area (Å²) in [5.41, 5.74) is 1.50. The summed E-state index contributed by atoms with van der Waals surface area (Å²) < 4.78 is 0. The van der Waals surface area contributed by atoms with Crippen molar-refractivity contribution >= 4 is 0 Å². The Morgan fingerprint density at radius 2 is 2.00 bits per heavy atom. The molecule has 0 unspecified atom stereocenters. The van der Waals surface area contributed by atoms with Gasteiger partial charge in [-0.1, -0.05) is 50.6 Å². The molecule has 0 amide bonds. The Morgan fingerprint density at radius 1 is 1.25 bits per heavy atom. The Kier molecular flexibility index (Phi) is 4.00. The molecule has 2 rings (SSSR count). The Hall–Kier alpha value is -0.820. The minimum Gasteiger partial charge on any atom is -0.313 e. The fourth-order valence-electron chi connectivity index (χ4n) is 3.11. The van der Waals surface area contributed by atoms with Crippen LogP contribution in [0.3, 0.4) is 0 Å². The first-order valence-corrected chi connectivity index (χ1v) is 6.65. The van der Waals surface area contributed by atoms with Gasteiger partial charge < -0.3 is 5.32 Å². The Labute approximate surface area is 99.3 Å². The van der Waals surface area contributed by atoms with E-state index in [0.29, 0.717) is 12.0 Å². The number of benzene rings is 1. The van der Waals surface area contributed by atoms with E-state index >= 15 is 0 Å². The summed E-state index contributed by atoms with van der Waals surface area (Å²) in [5, 5.41) is 3.71. The lowest BCUT2D eigenvalue weighted by atomic mass is 9.82. The highest BCUT2D eigenvalue weighted by molar-refractivity contribution is 5.22. The van der Waals surface area contributed by atoms with Crippen LogP contribution in [0, 0.1) is 5.92 Å². The smallest absolute Gasteiger partial charge is 0.0164 e. The van der Waals surface area contributed by atoms with Crippen LogP contribution in [0.2, 0.25) is 0 Å². The normalized spacial score (nSPS) is 26.9. The summed E-state index contributed by atoms with van der Waals surface area (Å²) in [7, 11) is 0. The number of rotatable bonds is 4. The maximum atomic E-state index is 3.71. The predicted octanol–water partition coefficient (Wildman–Crippen LogP) is 3.57. The van der Waals surface area contributed by atoms with E-state index in [1.807, 2.05) is 0 Å². The van der Waals surface area contributed by atoms with Crippen LogP contribution >= 0.6 is 0 Å². The zero-order valence-electron chi connectivity index (χ0n) is 10.4. The third-order valence-electron chi connectivity index (χ3n) is 4.03. The van der Waals surface area contributed by atoms with E-state index in [4.69, 9.17) is 0 Å². The molecule has 16 heavy (non-hydrogen) atoms. The summed E-state index contributed by atoms with van der Waals surface area (Å²) in [6, 6.07) is 11.7. The van der Waals surface area contributed by atoms with Crippen molar-refractivity contribution in [2.75, 3.05) is 6.54 Å². The van der Waals surface area contributed by atoms with Gasteiger partial charge in [-0.05, 0) is 36.8 Å². The lowest BCUT2D eigenvalue weighted by Gasteiger charge is -2.28. The molecule has 1 saturated heterocycles. The van der Waals surface area contributed by atoms with Gasteiger partial charge in [0.1, 0.15) is 0 Å². The molecule has 88 valence electrons. The van der Waals surface area contributed by atoms with E-state index in [-0.39, 0.29) is 0 Å². The van der Waals surface area contributed by atoms with E-state index in [1.165, 1.54) is 31.4 Å². The van der Waals surface area contributed by atoms with Crippen molar-refractivity contribution in [2.45, 2.75) is 45.1 Å². The first-order chi connectivity index (χ1) is 7.86. The van der Waals surface area contributed by atoms with Gasteiger partial charge in [-0.2, -0.15) is 0 Å². The molecule has 1 heteroatoms. The summed E-state index contributed by atoms with van der Waals surface area (Å²) in [4.78, 5) is 0. The third kappa shape index (κ3) is 2.30. The topological polar surface area (TPSA) is 12.0 Å². The minimum absolute atomic E-state index is 0.689. The standard InChI is InChI=1S/C15H23N/c1-3-12-10-11-16-15(12)14(4-2)13-8-6-5-7-9-13/h5-9,12,14-16H,3-4,10-11H2,1-2H3/t12-,14-,15-/m1/s1. The van der Waals surface area contributed by atoms with Crippen LogP contribution in [-0.4, -0.2) is 12.6 Å². The monoisotopic (exact) mass is 217 g/mol. The first-order valence-electron chi connectivity index (χ1n) is 6.65.